The number of nitrogens with one attached hydrogen (secondary N) is 1. The molecule has 0 aliphatic heterocycles. The molecule has 1 aromatic rings. The fraction of sp³-hybridized carbons (Fsp3) is 0.412. The number of nitriles is 1. The highest BCUT2D eigenvalue weighted by Crippen LogP contribution is 2.32. The Morgan fingerprint density at radius 2 is 2.12 bits per heavy atom. The van der Waals surface area contributed by atoms with E-state index in [9.17, 15) is 19.6 Å². The molecule has 3 atom stereocenters. The summed E-state index contributed by atoms with van der Waals surface area (Å²) in [5.74, 6) is -2.83. The molecule has 1 aliphatic rings. The van der Waals surface area contributed by atoms with Crippen LogP contribution in [0.15, 0.2) is 18.2 Å². The summed E-state index contributed by atoms with van der Waals surface area (Å²) in [7, 11) is 0. The van der Waals surface area contributed by atoms with Gasteiger partial charge in [-0.15, -0.1) is 0 Å². The minimum atomic E-state index is -1.43. The van der Waals surface area contributed by atoms with Gasteiger partial charge in [-0.1, -0.05) is 30.1 Å². The van der Waals surface area contributed by atoms with Gasteiger partial charge in [-0.2, -0.15) is 5.26 Å². The number of nitrogens with zero attached hydrogens (tertiary/aromatic N) is 1. The van der Waals surface area contributed by atoms with E-state index in [0.717, 1.165) is 0 Å². The van der Waals surface area contributed by atoms with Crippen molar-refractivity contribution in [1.82, 2.24) is 0 Å². The van der Waals surface area contributed by atoms with E-state index in [-0.39, 0.29) is 34.7 Å². The zero-order valence-corrected chi connectivity index (χ0v) is 14.5. The number of hydrogen-bond acceptors (Lipinski definition) is 4. The van der Waals surface area contributed by atoms with Crippen molar-refractivity contribution >= 4 is 46.4 Å². The SMILES string of the molecule is C[C@H]1C(=O)CC[C@@H]1CC(=O)C(C#N)C(=O)Nc1ccc(Cl)cc1Cl. The molecule has 126 valence electrons. The number of amides is 1. The van der Waals surface area contributed by atoms with Crippen molar-refractivity contribution in [3.63, 3.8) is 0 Å². The molecule has 0 saturated heterocycles. The summed E-state index contributed by atoms with van der Waals surface area (Å²) in [6, 6.07) is 6.23. The molecule has 0 spiro atoms. The standard InChI is InChI=1S/C17H16Cl2N2O3/c1-9-10(2-5-15(9)22)6-16(23)12(8-20)17(24)21-14-4-3-11(18)7-13(14)19/h3-4,7,9-10,12H,2,5-6H2,1H3,(H,21,24)/t9-,10-,12?/m1/s1. The summed E-state index contributed by atoms with van der Waals surface area (Å²) >= 11 is 11.8. The molecule has 1 amide bonds. The van der Waals surface area contributed by atoms with Gasteiger partial charge in [0.15, 0.2) is 11.7 Å². The van der Waals surface area contributed by atoms with E-state index < -0.39 is 17.6 Å². The highest BCUT2D eigenvalue weighted by atomic mass is 35.5. The predicted octanol–water partition coefficient (Wildman–Crippen LogP) is 3.65. The molecule has 1 aliphatic carbocycles. The molecular weight excluding hydrogens is 351 g/mol. The Morgan fingerprint density at radius 3 is 2.67 bits per heavy atom. The van der Waals surface area contributed by atoms with Gasteiger partial charge in [-0.05, 0) is 30.5 Å². The lowest BCUT2D eigenvalue weighted by atomic mass is 9.88. The Bertz CT molecular complexity index is 727. The number of hydrogen-bond donors (Lipinski definition) is 1. The summed E-state index contributed by atoms with van der Waals surface area (Å²) in [4.78, 5) is 36.1. The van der Waals surface area contributed by atoms with Crippen LogP contribution in [-0.4, -0.2) is 17.5 Å². The van der Waals surface area contributed by atoms with E-state index in [0.29, 0.717) is 17.9 Å². The van der Waals surface area contributed by atoms with Gasteiger partial charge in [-0.25, -0.2) is 0 Å². The first-order chi connectivity index (χ1) is 11.3. The summed E-state index contributed by atoms with van der Waals surface area (Å²) in [6.45, 7) is 1.78. The van der Waals surface area contributed by atoms with Crippen LogP contribution in [0.2, 0.25) is 10.0 Å². The van der Waals surface area contributed by atoms with E-state index in [4.69, 9.17) is 23.2 Å². The smallest absolute Gasteiger partial charge is 0.249 e. The second kappa shape index (κ2) is 7.78. The van der Waals surface area contributed by atoms with Gasteiger partial charge in [-0.3, -0.25) is 14.4 Å². The molecule has 0 aromatic heterocycles. The van der Waals surface area contributed by atoms with Gasteiger partial charge >= 0.3 is 0 Å². The topological polar surface area (TPSA) is 87.0 Å². The number of rotatable bonds is 5. The maximum Gasteiger partial charge on any atom is 0.249 e. The molecular formula is C17H16Cl2N2O3. The maximum atomic E-state index is 12.3. The summed E-state index contributed by atoms with van der Waals surface area (Å²) < 4.78 is 0. The highest BCUT2D eigenvalue weighted by Gasteiger charge is 2.35. The summed E-state index contributed by atoms with van der Waals surface area (Å²) in [6.07, 6.45) is 1.12. The van der Waals surface area contributed by atoms with Crippen molar-refractivity contribution in [2.75, 3.05) is 5.32 Å². The quantitative estimate of drug-likeness (QED) is 0.805. The highest BCUT2D eigenvalue weighted by molar-refractivity contribution is 6.36. The van der Waals surface area contributed by atoms with E-state index in [1.807, 2.05) is 0 Å². The van der Waals surface area contributed by atoms with E-state index in [1.165, 1.54) is 18.2 Å². The van der Waals surface area contributed by atoms with E-state index >= 15 is 0 Å². The molecule has 24 heavy (non-hydrogen) atoms. The second-order valence-corrected chi connectivity index (χ2v) is 6.74. The number of ketones is 2. The third-order valence-corrected chi connectivity index (χ3v) is 4.89. The minimum absolute atomic E-state index is 0.0485. The molecule has 2 rings (SSSR count). The number of carbonyl (C=O) groups is 3. The lowest BCUT2D eigenvalue weighted by molar-refractivity contribution is -0.129. The molecule has 1 N–H and O–H groups in total. The van der Waals surface area contributed by atoms with Crippen molar-refractivity contribution in [2.45, 2.75) is 26.2 Å². The Balaban J connectivity index is 2.04. The second-order valence-electron chi connectivity index (χ2n) is 5.90. The number of anilines is 1. The average Bonchev–Trinajstić information content (AvgIpc) is 2.83. The molecule has 1 unspecified atom stereocenters. The van der Waals surface area contributed by atoms with Crippen molar-refractivity contribution in [1.29, 1.82) is 5.26 Å². The molecule has 1 saturated carbocycles. The first-order valence-corrected chi connectivity index (χ1v) is 8.30. The van der Waals surface area contributed by atoms with Crippen molar-refractivity contribution in [3.8, 4) is 6.07 Å². The van der Waals surface area contributed by atoms with E-state index in [1.54, 1.807) is 13.0 Å². The number of carbonyl (C=O) groups excluding carboxylic acids is 3. The minimum Gasteiger partial charge on any atom is -0.323 e. The van der Waals surface area contributed by atoms with Gasteiger partial charge in [0.2, 0.25) is 5.91 Å². The van der Waals surface area contributed by atoms with Crippen molar-refractivity contribution in [2.24, 2.45) is 17.8 Å². The average molecular weight is 367 g/mol. The Kier molecular flexibility index (Phi) is 5.98. The predicted molar refractivity (Wildman–Crippen MR) is 90.7 cm³/mol. The van der Waals surface area contributed by atoms with Gasteiger partial charge in [0.05, 0.1) is 16.8 Å². The van der Waals surface area contributed by atoms with E-state index in [2.05, 4.69) is 5.32 Å². The monoisotopic (exact) mass is 366 g/mol. The fourth-order valence-electron chi connectivity index (χ4n) is 2.80. The van der Waals surface area contributed by atoms with Crippen molar-refractivity contribution in [3.05, 3.63) is 28.2 Å². The molecule has 5 nitrogen and oxygen atoms in total. The number of halogens is 2. The third-order valence-electron chi connectivity index (χ3n) is 4.34. The van der Waals surface area contributed by atoms with Crippen LogP contribution in [0.3, 0.4) is 0 Å². The Hall–Kier alpha value is -1.90. The van der Waals surface area contributed by atoms with Gasteiger partial charge in [0.1, 0.15) is 5.78 Å². The molecule has 1 fully saturated rings. The molecule has 1 aromatic carbocycles. The molecule has 0 radical (unpaired) electrons. The summed E-state index contributed by atoms with van der Waals surface area (Å²) in [5, 5.41) is 12.3. The van der Waals surface area contributed by atoms with Crippen LogP contribution in [0.5, 0.6) is 0 Å². The number of Topliss-reactive ketones (excluding diaryl/α,β-unsaturated/α-hetero) is 2. The lowest BCUT2D eigenvalue weighted by Crippen LogP contribution is -2.30. The van der Waals surface area contributed by atoms with Crippen LogP contribution in [0.1, 0.15) is 26.2 Å². The third kappa shape index (κ3) is 4.14. The van der Waals surface area contributed by atoms with Gasteiger partial charge in [0.25, 0.3) is 0 Å². The van der Waals surface area contributed by atoms with Crippen LogP contribution >= 0.6 is 23.2 Å². The van der Waals surface area contributed by atoms with Gasteiger partial charge < -0.3 is 5.32 Å². The van der Waals surface area contributed by atoms with Crippen LogP contribution < -0.4 is 5.32 Å². The lowest BCUT2D eigenvalue weighted by Gasteiger charge is -2.15. The number of benzene rings is 1. The molecule has 0 heterocycles. The first kappa shape index (κ1) is 18.4. The van der Waals surface area contributed by atoms with Crippen LogP contribution in [-0.2, 0) is 14.4 Å². The molecule has 0 bridgehead atoms. The van der Waals surface area contributed by atoms with Gasteiger partial charge in [0, 0.05) is 23.8 Å². The zero-order chi connectivity index (χ0) is 17.9. The summed E-state index contributed by atoms with van der Waals surface area (Å²) in [5.41, 5.74) is 0.281. The fourth-order valence-corrected chi connectivity index (χ4v) is 3.25. The van der Waals surface area contributed by atoms with Crippen molar-refractivity contribution < 1.29 is 14.4 Å². The maximum absolute atomic E-state index is 12.3. The largest absolute Gasteiger partial charge is 0.323 e. The zero-order valence-electron chi connectivity index (χ0n) is 13.0. The Morgan fingerprint density at radius 1 is 1.42 bits per heavy atom. The first-order valence-electron chi connectivity index (χ1n) is 7.54. The normalized spacial score (nSPS) is 21.2. The van der Waals surface area contributed by atoms with Crippen LogP contribution in [0, 0.1) is 29.1 Å². The van der Waals surface area contributed by atoms with Crippen LogP contribution in [0.4, 0.5) is 5.69 Å². The molecule has 7 heteroatoms. The Labute approximate surface area is 149 Å². The van der Waals surface area contributed by atoms with Crippen LogP contribution in [0.25, 0.3) is 0 Å².